The van der Waals surface area contributed by atoms with Crippen LogP contribution in [0.15, 0.2) is 96.1 Å². The summed E-state index contributed by atoms with van der Waals surface area (Å²) >= 11 is 6.23. The summed E-state index contributed by atoms with van der Waals surface area (Å²) in [6, 6.07) is 22.2. The van der Waals surface area contributed by atoms with Gasteiger partial charge in [-0.25, -0.2) is 9.48 Å². The molecule has 2 aromatic heterocycles. The number of anilines is 1. The van der Waals surface area contributed by atoms with Crippen LogP contribution in [0.3, 0.4) is 0 Å². The maximum absolute atomic E-state index is 13.4. The number of amides is 2. The lowest BCUT2D eigenvalue weighted by Crippen LogP contribution is -2.33. The van der Waals surface area contributed by atoms with E-state index in [2.05, 4.69) is 36.0 Å². The van der Waals surface area contributed by atoms with Crippen molar-refractivity contribution in [1.82, 2.24) is 35.3 Å². The Labute approximate surface area is 268 Å². The molecule has 5 aromatic rings. The maximum atomic E-state index is 13.4. The summed E-state index contributed by atoms with van der Waals surface area (Å²) < 4.78 is 7.27. The van der Waals surface area contributed by atoms with Gasteiger partial charge >= 0.3 is 6.09 Å². The van der Waals surface area contributed by atoms with Crippen molar-refractivity contribution in [3.8, 4) is 16.8 Å². The van der Waals surface area contributed by atoms with Crippen LogP contribution in [0.25, 0.3) is 22.9 Å². The molecular formula is C32H29ClN8O5. The number of carbonyl (C=O) groups is 2. The van der Waals surface area contributed by atoms with Crippen LogP contribution >= 0.6 is 11.6 Å². The number of tetrazole rings is 1. The molecule has 234 valence electrons. The Balaban J connectivity index is 1.49. The Hall–Kier alpha value is -5.66. The summed E-state index contributed by atoms with van der Waals surface area (Å²) in [5, 5.41) is 31.6. The van der Waals surface area contributed by atoms with Crippen molar-refractivity contribution in [2.24, 2.45) is 0 Å². The molecule has 0 saturated carbocycles. The van der Waals surface area contributed by atoms with Crippen LogP contribution in [0.5, 0.6) is 0 Å². The summed E-state index contributed by atoms with van der Waals surface area (Å²) in [4.78, 5) is 38.4. The predicted molar refractivity (Wildman–Crippen MR) is 171 cm³/mol. The highest BCUT2D eigenvalue weighted by atomic mass is 35.5. The third kappa shape index (κ3) is 7.88. The van der Waals surface area contributed by atoms with E-state index in [1.54, 1.807) is 54.6 Å². The highest BCUT2D eigenvalue weighted by Crippen LogP contribution is 2.24. The number of hydrogen-bond donors (Lipinski definition) is 3. The smallest absolute Gasteiger partial charge is 0.411 e. The molecule has 1 atom stereocenters. The average molecular weight is 641 g/mol. The van der Waals surface area contributed by atoms with E-state index in [0.717, 1.165) is 5.56 Å². The van der Waals surface area contributed by atoms with Gasteiger partial charge in [0.05, 0.1) is 43.2 Å². The molecule has 0 radical (unpaired) electrons. The molecule has 5 rings (SSSR count). The standard InChI is InChI=1S/C32H29ClN8O5/c1-46-32(45)35-25-11-7-22(8-12-25)26-19-28(37-40(15-16-42)31(26)44)27(17-21-5-3-2-4-6-21)36-30(43)14-9-23-18-24(33)10-13-29(23)41-20-34-38-39-41/h2-14,18-20,27,42H,15-17H2,1H3,(H,35,45)(H,36,43)/b14-9+/t27-/m0/s1. The lowest BCUT2D eigenvalue weighted by molar-refractivity contribution is -0.117. The first kappa shape index (κ1) is 31.8. The Morgan fingerprint density at radius 2 is 1.85 bits per heavy atom. The van der Waals surface area contributed by atoms with Crippen LogP contribution < -0.4 is 16.2 Å². The van der Waals surface area contributed by atoms with E-state index in [4.69, 9.17) is 11.6 Å². The fraction of sp³-hybridized carbons (Fsp3) is 0.156. The van der Waals surface area contributed by atoms with Crippen LogP contribution in [-0.4, -0.2) is 60.8 Å². The van der Waals surface area contributed by atoms with Gasteiger partial charge < -0.3 is 15.2 Å². The third-order valence-electron chi connectivity index (χ3n) is 6.89. The zero-order valence-corrected chi connectivity index (χ0v) is 25.3. The first-order valence-electron chi connectivity index (χ1n) is 14.1. The zero-order valence-electron chi connectivity index (χ0n) is 24.6. The molecule has 13 nitrogen and oxygen atoms in total. The number of methoxy groups -OCH3 is 1. The van der Waals surface area contributed by atoms with Crippen molar-refractivity contribution < 1.29 is 19.4 Å². The molecule has 0 aliphatic heterocycles. The first-order valence-corrected chi connectivity index (χ1v) is 14.5. The lowest BCUT2D eigenvalue weighted by Gasteiger charge is -2.20. The van der Waals surface area contributed by atoms with Crippen molar-refractivity contribution in [2.75, 3.05) is 19.0 Å². The summed E-state index contributed by atoms with van der Waals surface area (Å²) in [5.41, 5.74) is 3.46. The van der Waals surface area contributed by atoms with Crippen LogP contribution in [0.1, 0.15) is 22.9 Å². The van der Waals surface area contributed by atoms with Gasteiger partial charge in [0.15, 0.2) is 0 Å². The minimum atomic E-state index is -0.664. The molecule has 2 amide bonds. The number of hydrogen-bond acceptors (Lipinski definition) is 9. The van der Waals surface area contributed by atoms with E-state index < -0.39 is 23.6 Å². The largest absolute Gasteiger partial charge is 0.453 e. The van der Waals surface area contributed by atoms with Gasteiger partial charge in [0.1, 0.15) is 6.33 Å². The second-order valence-corrected chi connectivity index (χ2v) is 10.4. The molecule has 0 unspecified atom stereocenters. The molecule has 3 aromatic carbocycles. The lowest BCUT2D eigenvalue weighted by atomic mass is 10.00. The van der Waals surface area contributed by atoms with Crippen LogP contribution in [-0.2, 0) is 22.5 Å². The molecular weight excluding hydrogens is 612 g/mol. The van der Waals surface area contributed by atoms with Crippen LogP contribution in [0, 0.1) is 0 Å². The molecule has 0 aliphatic carbocycles. The Morgan fingerprint density at radius 1 is 1.07 bits per heavy atom. The van der Waals surface area contributed by atoms with Crippen molar-refractivity contribution in [3.63, 3.8) is 0 Å². The van der Waals surface area contributed by atoms with Crippen molar-refractivity contribution in [3.05, 3.63) is 123 Å². The quantitative estimate of drug-likeness (QED) is 0.182. The van der Waals surface area contributed by atoms with E-state index in [9.17, 15) is 19.5 Å². The Bertz CT molecular complexity index is 1890. The number of carbonyl (C=O) groups excluding carboxylic acids is 2. The topological polar surface area (TPSA) is 166 Å². The first-order chi connectivity index (χ1) is 22.3. The van der Waals surface area contributed by atoms with Crippen molar-refractivity contribution >= 4 is 35.4 Å². The number of aliphatic hydroxyl groups is 1. The number of nitrogens with zero attached hydrogens (tertiary/aromatic N) is 6. The Morgan fingerprint density at radius 3 is 2.54 bits per heavy atom. The monoisotopic (exact) mass is 640 g/mol. The zero-order chi connectivity index (χ0) is 32.5. The maximum Gasteiger partial charge on any atom is 0.411 e. The van der Waals surface area contributed by atoms with Crippen molar-refractivity contribution in [2.45, 2.75) is 19.0 Å². The molecule has 0 saturated heterocycles. The predicted octanol–water partition coefficient (Wildman–Crippen LogP) is 3.82. The average Bonchev–Trinajstić information content (AvgIpc) is 3.60. The van der Waals surface area contributed by atoms with Gasteiger partial charge in [-0.05, 0) is 70.4 Å². The molecule has 14 heteroatoms. The molecule has 0 aliphatic rings. The van der Waals surface area contributed by atoms with Crippen LogP contribution in [0.4, 0.5) is 10.5 Å². The summed E-state index contributed by atoms with van der Waals surface area (Å²) in [7, 11) is 1.26. The minimum Gasteiger partial charge on any atom is -0.453 e. The van der Waals surface area contributed by atoms with Gasteiger partial charge in [-0.2, -0.15) is 9.78 Å². The molecule has 3 N–H and O–H groups in total. The van der Waals surface area contributed by atoms with Gasteiger partial charge in [0.2, 0.25) is 5.91 Å². The van der Waals surface area contributed by atoms with Gasteiger partial charge in [-0.1, -0.05) is 54.1 Å². The SMILES string of the molecule is COC(=O)Nc1ccc(-c2cc([C@H](Cc3ccccc3)NC(=O)/C=C/c3cc(Cl)ccc3-n3cnnn3)nn(CCO)c2=O)cc1. The van der Waals surface area contributed by atoms with Gasteiger partial charge in [0, 0.05) is 22.3 Å². The molecule has 0 spiro atoms. The minimum absolute atomic E-state index is 0.0533. The molecule has 46 heavy (non-hydrogen) atoms. The fourth-order valence-corrected chi connectivity index (χ4v) is 4.87. The second kappa shape index (κ2) is 14.9. The normalized spacial score (nSPS) is 11.7. The highest BCUT2D eigenvalue weighted by molar-refractivity contribution is 6.30. The number of halogens is 1. The van der Waals surface area contributed by atoms with Gasteiger partial charge in [-0.3, -0.25) is 14.9 Å². The van der Waals surface area contributed by atoms with Gasteiger partial charge in [0.25, 0.3) is 5.56 Å². The second-order valence-electron chi connectivity index (χ2n) is 9.97. The van der Waals surface area contributed by atoms with E-state index >= 15 is 0 Å². The molecule has 0 fully saturated rings. The van der Waals surface area contributed by atoms with E-state index in [1.807, 2.05) is 30.3 Å². The summed E-state index contributed by atoms with van der Waals surface area (Å²) in [6.07, 6.45) is 4.14. The number of nitrogens with one attached hydrogen (secondary N) is 2. The van der Waals surface area contributed by atoms with E-state index in [-0.39, 0.29) is 13.2 Å². The summed E-state index contributed by atoms with van der Waals surface area (Å²) in [5.74, 6) is -0.426. The van der Waals surface area contributed by atoms with Crippen molar-refractivity contribution in [1.29, 1.82) is 0 Å². The molecule has 0 bridgehead atoms. The molecule has 2 heterocycles. The number of benzene rings is 3. The van der Waals surface area contributed by atoms with Crippen LogP contribution in [0.2, 0.25) is 5.02 Å². The number of aliphatic hydroxyl groups excluding tert-OH is 1. The fourth-order valence-electron chi connectivity index (χ4n) is 4.69. The number of ether oxygens (including phenoxy) is 1. The summed E-state index contributed by atoms with van der Waals surface area (Å²) in [6.45, 7) is -0.373. The highest BCUT2D eigenvalue weighted by Gasteiger charge is 2.20. The van der Waals surface area contributed by atoms with E-state index in [0.29, 0.717) is 45.2 Å². The Kier molecular flexibility index (Phi) is 10.3. The third-order valence-corrected chi connectivity index (χ3v) is 7.12. The van der Waals surface area contributed by atoms with E-state index in [1.165, 1.54) is 28.9 Å². The number of aromatic nitrogens is 6. The van der Waals surface area contributed by atoms with Gasteiger partial charge in [-0.15, -0.1) is 5.10 Å². The number of rotatable bonds is 11.